The van der Waals surface area contributed by atoms with Crippen LogP contribution in [-0.4, -0.2) is 14.8 Å². The van der Waals surface area contributed by atoms with Gasteiger partial charge in [-0.15, -0.1) is 10.2 Å². The fraction of sp³-hybridized carbons (Fsp3) is 0.273. The molecule has 0 atom stereocenters. The van der Waals surface area contributed by atoms with Crippen molar-refractivity contribution in [2.24, 2.45) is 5.73 Å². The van der Waals surface area contributed by atoms with E-state index in [-0.39, 0.29) is 6.54 Å². The Morgan fingerprint density at radius 2 is 2.18 bits per heavy atom. The molecule has 0 bridgehead atoms. The van der Waals surface area contributed by atoms with Crippen molar-refractivity contribution in [3.8, 4) is 11.4 Å². The highest BCUT2D eigenvalue weighted by atomic mass is 35.5. The van der Waals surface area contributed by atoms with Crippen molar-refractivity contribution in [3.05, 3.63) is 34.9 Å². The number of halogens is 2. The molecule has 0 saturated carbocycles. The van der Waals surface area contributed by atoms with Gasteiger partial charge in [-0.2, -0.15) is 0 Å². The lowest BCUT2D eigenvalue weighted by molar-refractivity contribution is 0.626. The standard InChI is InChI=1S/C11H12ClFN4/c1-2-17-10(6-14)15-16-11(17)8-4-3-7(12)5-9(8)13/h3-5H,2,6,14H2,1H3. The highest BCUT2D eigenvalue weighted by Gasteiger charge is 2.15. The van der Waals surface area contributed by atoms with Gasteiger partial charge in [0.2, 0.25) is 0 Å². The third kappa shape index (κ3) is 2.16. The van der Waals surface area contributed by atoms with Crippen molar-refractivity contribution < 1.29 is 4.39 Å². The van der Waals surface area contributed by atoms with Gasteiger partial charge >= 0.3 is 0 Å². The Balaban J connectivity index is 2.56. The summed E-state index contributed by atoms with van der Waals surface area (Å²) in [6.45, 7) is 2.84. The van der Waals surface area contributed by atoms with Crippen LogP contribution >= 0.6 is 11.6 Å². The van der Waals surface area contributed by atoms with E-state index in [1.807, 2.05) is 6.92 Å². The van der Waals surface area contributed by atoms with Crippen LogP contribution in [0.4, 0.5) is 4.39 Å². The molecule has 0 aliphatic carbocycles. The second-order valence-corrected chi connectivity index (χ2v) is 3.95. The Kier molecular flexibility index (Phi) is 3.40. The summed E-state index contributed by atoms with van der Waals surface area (Å²) in [6.07, 6.45) is 0. The SMILES string of the molecule is CCn1c(CN)nnc1-c1ccc(Cl)cc1F. The van der Waals surface area contributed by atoms with Gasteiger partial charge in [-0.25, -0.2) is 4.39 Å². The van der Waals surface area contributed by atoms with Crippen molar-refractivity contribution in [1.82, 2.24) is 14.8 Å². The summed E-state index contributed by atoms with van der Waals surface area (Å²) >= 11 is 5.71. The van der Waals surface area contributed by atoms with E-state index in [2.05, 4.69) is 10.2 Å². The Morgan fingerprint density at radius 1 is 1.41 bits per heavy atom. The summed E-state index contributed by atoms with van der Waals surface area (Å²) < 4.78 is 15.6. The second kappa shape index (κ2) is 4.81. The highest BCUT2D eigenvalue weighted by Crippen LogP contribution is 2.24. The van der Waals surface area contributed by atoms with E-state index in [1.165, 1.54) is 6.07 Å². The zero-order valence-corrected chi connectivity index (χ0v) is 10.1. The lowest BCUT2D eigenvalue weighted by Crippen LogP contribution is -2.08. The van der Waals surface area contributed by atoms with Crippen LogP contribution in [-0.2, 0) is 13.1 Å². The lowest BCUT2D eigenvalue weighted by Gasteiger charge is -2.07. The van der Waals surface area contributed by atoms with Gasteiger partial charge in [-0.1, -0.05) is 11.6 Å². The minimum absolute atomic E-state index is 0.274. The normalized spacial score (nSPS) is 10.8. The van der Waals surface area contributed by atoms with Gasteiger partial charge in [0.1, 0.15) is 11.6 Å². The second-order valence-electron chi connectivity index (χ2n) is 3.51. The van der Waals surface area contributed by atoms with Gasteiger partial charge in [0, 0.05) is 11.6 Å². The highest BCUT2D eigenvalue weighted by molar-refractivity contribution is 6.30. The molecule has 0 amide bonds. The van der Waals surface area contributed by atoms with E-state index >= 15 is 0 Å². The minimum atomic E-state index is -0.414. The number of nitrogens with two attached hydrogens (primary N) is 1. The van der Waals surface area contributed by atoms with Crippen LogP contribution in [0, 0.1) is 5.82 Å². The molecule has 1 aromatic carbocycles. The summed E-state index contributed by atoms with van der Waals surface area (Å²) in [4.78, 5) is 0. The Labute approximate surface area is 103 Å². The molecule has 0 aliphatic rings. The van der Waals surface area contributed by atoms with Crippen molar-refractivity contribution in [1.29, 1.82) is 0 Å². The molecule has 2 N–H and O–H groups in total. The molecule has 0 fully saturated rings. The summed E-state index contributed by atoms with van der Waals surface area (Å²) in [5, 5.41) is 8.26. The first kappa shape index (κ1) is 12.0. The molecule has 0 saturated heterocycles. The van der Waals surface area contributed by atoms with Crippen LogP contribution in [0.15, 0.2) is 18.2 Å². The molecule has 0 radical (unpaired) electrons. The third-order valence-electron chi connectivity index (χ3n) is 2.50. The average Bonchev–Trinajstić information content (AvgIpc) is 2.71. The zero-order valence-electron chi connectivity index (χ0n) is 9.32. The molecule has 6 heteroatoms. The van der Waals surface area contributed by atoms with E-state index in [4.69, 9.17) is 17.3 Å². The molecule has 0 unspecified atom stereocenters. The first-order valence-corrected chi connectivity index (χ1v) is 5.62. The van der Waals surface area contributed by atoms with Crippen molar-refractivity contribution in [2.45, 2.75) is 20.0 Å². The molecule has 17 heavy (non-hydrogen) atoms. The maximum absolute atomic E-state index is 13.8. The van der Waals surface area contributed by atoms with Gasteiger partial charge < -0.3 is 10.3 Å². The van der Waals surface area contributed by atoms with Gasteiger partial charge in [0.05, 0.1) is 12.1 Å². The third-order valence-corrected chi connectivity index (χ3v) is 2.73. The Morgan fingerprint density at radius 3 is 2.76 bits per heavy atom. The molecule has 2 aromatic rings. The zero-order chi connectivity index (χ0) is 12.4. The predicted molar refractivity (Wildman–Crippen MR) is 64.0 cm³/mol. The van der Waals surface area contributed by atoms with E-state index in [1.54, 1.807) is 16.7 Å². The van der Waals surface area contributed by atoms with Crippen molar-refractivity contribution in [3.63, 3.8) is 0 Å². The molecule has 0 aliphatic heterocycles. The minimum Gasteiger partial charge on any atom is -0.324 e. The number of hydrogen-bond donors (Lipinski definition) is 1. The summed E-state index contributed by atoms with van der Waals surface area (Å²) in [7, 11) is 0. The summed E-state index contributed by atoms with van der Waals surface area (Å²) in [5.41, 5.74) is 5.92. The van der Waals surface area contributed by atoms with Crippen LogP contribution in [0.25, 0.3) is 11.4 Å². The quantitative estimate of drug-likeness (QED) is 0.914. The molecule has 90 valence electrons. The number of nitrogens with zero attached hydrogens (tertiary/aromatic N) is 3. The van der Waals surface area contributed by atoms with E-state index in [0.29, 0.717) is 28.8 Å². The number of hydrogen-bond acceptors (Lipinski definition) is 3. The van der Waals surface area contributed by atoms with Crippen molar-refractivity contribution in [2.75, 3.05) is 0 Å². The number of benzene rings is 1. The van der Waals surface area contributed by atoms with Crippen LogP contribution in [0.2, 0.25) is 5.02 Å². The fourth-order valence-electron chi connectivity index (χ4n) is 1.69. The molecular weight excluding hydrogens is 243 g/mol. The monoisotopic (exact) mass is 254 g/mol. The topological polar surface area (TPSA) is 56.7 Å². The van der Waals surface area contributed by atoms with Gasteiger partial charge in [-0.3, -0.25) is 0 Å². The van der Waals surface area contributed by atoms with Crippen LogP contribution in [0.1, 0.15) is 12.7 Å². The van der Waals surface area contributed by atoms with Gasteiger partial charge in [0.15, 0.2) is 5.82 Å². The Bertz CT molecular complexity index is 538. The first-order chi connectivity index (χ1) is 8.17. The fourth-order valence-corrected chi connectivity index (χ4v) is 1.85. The lowest BCUT2D eigenvalue weighted by atomic mass is 10.2. The largest absolute Gasteiger partial charge is 0.324 e. The smallest absolute Gasteiger partial charge is 0.166 e. The molecular formula is C11H12ClFN4. The molecule has 0 spiro atoms. The van der Waals surface area contributed by atoms with E-state index in [9.17, 15) is 4.39 Å². The first-order valence-electron chi connectivity index (χ1n) is 5.25. The van der Waals surface area contributed by atoms with E-state index in [0.717, 1.165) is 0 Å². The summed E-state index contributed by atoms with van der Waals surface area (Å²) in [5.74, 6) is 0.696. The van der Waals surface area contributed by atoms with Crippen molar-refractivity contribution >= 4 is 11.6 Å². The predicted octanol–water partition coefficient (Wildman–Crippen LogP) is 2.22. The molecule has 1 aromatic heterocycles. The van der Waals surface area contributed by atoms with Crippen LogP contribution in [0.3, 0.4) is 0 Å². The Hall–Kier alpha value is -1.46. The van der Waals surface area contributed by atoms with E-state index < -0.39 is 5.82 Å². The number of rotatable bonds is 3. The molecule has 4 nitrogen and oxygen atoms in total. The van der Waals surface area contributed by atoms with Crippen LogP contribution < -0.4 is 5.73 Å². The van der Waals surface area contributed by atoms with Gasteiger partial charge in [0.25, 0.3) is 0 Å². The number of aromatic nitrogens is 3. The maximum Gasteiger partial charge on any atom is 0.166 e. The summed E-state index contributed by atoms with van der Waals surface area (Å²) in [6, 6.07) is 4.47. The molecule has 2 rings (SSSR count). The molecule has 1 heterocycles. The van der Waals surface area contributed by atoms with Crippen LogP contribution in [0.5, 0.6) is 0 Å². The maximum atomic E-state index is 13.8. The average molecular weight is 255 g/mol. The van der Waals surface area contributed by atoms with Gasteiger partial charge in [-0.05, 0) is 25.1 Å².